The zero-order chi connectivity index (χ0) is 8.81. The molecule has 0 saturated carbocycles. The highest BCUT2D eigenvalue weighted by Crippen LogP contribution is 2.08. The first kappa shape index (κ1) is 10.0. The largest absolute Gasteiger partial charge is 0.380 e. The Balaban J connectivity index is 2.06. The molecule has 2 heteroatoms. The molecule has 1 unspecified atom stereocenters. The summed E-state index contributed by atoms with van der Waals surface area (Å²) in [5, 5.41) is 3.56. The van der Waals surface area contributed by atoms with E-state index in [0.717, 1.165) is 19.1 Å². The van der Waals surface area contributed by atoms with E-state index in [1.807, 2.05) is 0 Å². The van der Waals surface area contributed by atoms with E-state index in [4.69, 9.17) is 4.74 Å². The van der Waals surface area contributed by atoms with Crippen molar-refractivity contribution in [3.63, 3.8) is 0 Å². The van der Waals surface area contributed by atoms with Crippen molar-refractivity contribution < 1.29 is 4.74 Å². The Morgan fingerprint density at radius 2 is 2.17 bits per heavy atom. The monoisotopic (exact) mass is 171 g/mol. The molecule has 1 aliphatic rings. The van der Waals surface area contributed by atoms with Gasteiger partial charge in [-0.25, -0.2) is 0 Å². The maximum atomic E-state index is 5.29. The average molecular weight is 171 g/mol. The number of ether oxygens (including phenoxy) is 1. The summed E-state index contributed by atoms with van der Waals surface area (Å²) < 4.78 is 5.29. The van der Waals surface area contributed by atoms with Crippen molar-refractivity contribution in [1.29, 1.82) is 0 Å². The molecule has 12 heavy (non-hydrogen) atoms. The van der Waals surface area contributed by atoms with Gasteiger partial charge in [0, 0.05) is 12.6 Å². The smallest absolute Gasteiger partial charge is 0.0620 e. The standard InChI is InChI=1S/C10H21NO/c1-3-9(4-2)7-11-10-5-6-12-8-10/h9-11H,3-8H2,1-2H3. The topological polar surface area (TPSA) is 21.3 Å². The molecule has 1 N–H and O–H groups in total. The van der Waals surface area contributed by atoms with Gasteiger partial charge in [-0.1, -0.05) is 26.7 Å². The van der Waals surface area contributed by atoms with Crippen LogP contribution in [0.5, 0.6) is 0 Å². The number of rotatable bonds is 5. The average Bonchev–Trinajstić information content (AvgIpc) is 2.59. The van der Waals surface area contributed by atoms with Gasteiger partial charge in [0.15, 0.2) is 0 Å². The molecular weight excluding hydrogens is 150 g/mol. The van der Waals surface area contributed by atoms with Crippen LogP contribution in [0.4, 0.5) is 0 Å². The van der Waals surface area contributed by atoms with Gasteiger partial charge in [0.2, 0.25) is 0 Å². The summed E-state index contributed by atoms with van der Waals surface area (Å²) in [7, 11) is 0. The van der Waals surface area contributed by atoms with Crippen molar-refractivity contribution in [3.8, 4) is 0 Å². The Labute approximate surface area is 75.7 Å². The zero-order valence-corrected chi connectivity index (χ0v) is 8.31. The second kappa shape index (κ2) is 5.55. The lowest BCUT2D eigenvalue weighted by Gasteiger charge is -2.16. The lowest BCUT2D eigenvalue weighted by atomic mass is 10.0. The summed E-state index contributed by atoms with van der Waals surface area (Å²) in [4.78, 5) is 0. The predicted molar refractivity (Wildman–Crippen MR) is 51.3 cm³/mol. The van der Waals surface area contributed by atoms with E-state index in [1.54, 1.807) is 0 Å². The van der Waals surface area contributed by atoms with E-state index in [-0.39, 0.29) is 0 Å². The van der Waals surface area contributed by atoms with Gasteiger partial charge in [-0.05, 0) is 18.9 Å². The SMILES string of the molecule is CCC(CC)CNC1CCOC1. The molecule has 2 nitrogen and oxygen atoms in total. The van der Waals surface area contributed by atoms with E-state index in [2.05, 4.69) is 19.2 Å². The lowest BCUT2D eigenvalue weighted by Crippen LogP contribution is -2.33. The molecule has 0 radical (unpaired) electrons. The highest BCUT2D eigenvalue weighted by atomic mass is 16.5. The molecule has 0 aromatic heterocycles. The molecule has 1 heterocycles. The molecule has 0 aliphatic carbocycles. The Hall–Kier alpha value is -0.0800. The van der Waals surface area contributed by atoms with Crippen LogP contribution in [0.15, 0.2) is 0 Å². The van der Waals surface area contributed by atoms with E-state index >= 15 is 0 Å². The van der Waals surface area contributed by atoms with E-state index in [1.165, 1.54) is 25.8 Å². The van der Waals surface area contributed by atoms with Crippen molar-refractivity contribution >= 4 is 0 Å². The summed E-state index contributed by atoms with van der Waals surface area (Å²) in [6.07, 6.45) is 3.77. The first-order valence-corrected chi connectivity index (χ1v) is 5.18. The fourth-order valence-electron chi connectivity index (χ4n) is 1.61. The quantitative estimate of drug-likeness (QED) is 0.681. The van der Waals surface area contributed by atoms with Crippen molar-refractivity contribution in [2.75, 3.05) is 19.8 Å². The second-order valence-electron chi connectivity index (χ2n) is 3.65. The van der Waals surface area contributed by atoms with Crippen molar-refractivity contribution in [1.82, 2.24) is 5.32 Å². The van der Waals surface area contributed by atoms with E-state index in [0.29, 0.717) is 6.04 Å². The van der Waals surface area contributed by atoms with E-state index < -0.39 is 0 Å². The third kappa shape index (κ3) is 3.11. The van der Waals surface area contributed by atoms with Gasteiger partial charge in [-0.15, -0.1) is 0 Å². The fraction of sp³-hybridized carbons (Fsp3) is 1.00. The first-order valence-electron chi connectivity index (χ1n) is 5.18. The Morgan fingerprint density at radius 3 is 2.67 bits per heavy atom. The lowest BCUT2D eigenvalue weighted by molar-refractivity contribution is 0.189. The number of hydrogen-bond acceptors (Lipinski definition) is 2. The molecule has 0 spiro atoms. The minimum Gasteiger partial charge on any atom is -0.380 e. The predicted octanol–water partition coefficient (Wildman–Crippen LogP) is 1.80. The van der Waals surface area contributed by atoms with Gasteiger partial charge >= 0.3 is 0 Å². The molecule has 1 atom stereocenters. The summed E-state index contributed by atoms with van der Waals surface area (Å²) >= 11 is 0. The third-order valence-electron chi connectivity index (χ3n) is 2.78. The Morgan fingerprint density at radius 1 is 1.42 bits per heavy atom. The maximum Gasteiger partial charge on any atom is 0.0620 e. The minimum atomic E-state index is 0.630. The number of nitrogens with one attached hydrogen (secondary N) is 1. The van der Waals surface area contributed by atoms with Gasteiger partial charge in [0.05, 0.1) is 6.61 Å². The van der Waals surface area contributed by atoms with Crippen LogP contribution in [0.25, 0.3) is 0 Å². The van der Waals surface area contributed by atoms with Gasteiger partial charge in [0.25, 0.3) is 0 Å². The van der Waals surface area contributed by atoms with Crippen LogP contribution in [-0.4, -0.2) is 25.8 Å². The highest BCUT2D eigenvalue weighted by Gasteiger charge is 2.15. The second-order valence-corrected chi connectivity index (χ2v) is 3.65. The molecule has 0 amide bonds. The van der Waals surface area contributed by atoms with Gasteiger partial charge in [0.1, 0.15) is 0 Å². The van der Waals surface area contributed by atoms with Crippen LogP contribution in [0, 0.1) is 5.92 Å². The van der Waals surface area contributed by atoms with Crippen molar-refractivity contribution in [3.05, 3.63) is 0 Å². The Kier molecular flexibility index (Phi) is 4.62. The molecule has 1 saturated heterocycles. The molecule has 0 aromatic rings. The number of hydrogen-bond donors (Lipinski definition) is 1. The van der Waals surface area contributed by atoms with Gasteiger partial charge < -0.3 is 10.1 Å². The molecule has 0 aromatic carbocycles. The van der Waals surface area contributed by atoms with Gasteiger partial charge in [-0.2, -0.15) is 0 Å². The zero-order valence-electron chi connectivity index (χ0n) is 8.31. The van der Waals surface area contributed by atoms with Gasteiger partial charge in [-0.3, -0.25) is 0 Å². The molecule has 1 aliphatic heterocycles. The highest BCUT2D eigenvalue weighted by molar-refractivity contribution is 4.72. The maximum absolute atomic E-state index is 5.29. The first-order chi connectivity index (χ1) is 5.86. The molecule has 1 rings (SSSR count). The molecular formula is C10H21NO. The summed E-state index contributed by atoms with van der Waals surface area (Å²) in [5.41, 5.74) is 0. The molecule has 0 bridgehead atoms. The molecule has 72 valence electrons. The van der Waals surface area contributed by atoms with Crippen LogP contribution in [-0.2, 0) is 4.74 Å². The normalized spacial score (nSPS) is 23.8. The molecule has 1 fully saturated rings. The van der Waals surface area contributed by atoms with Crippen LogP contribution >= 0.6 is 0 Å². The van der Waals surface area contributed by atoms with E-state index in [9.17, 15) is 0 Å². The Bertz CT molecular complexity index is 104. The van der Waals surface area contributed by atoms with Crippen LogP contribution < -0.4 is 5.32 Å². The summed E-state index contributed by atoms with van der Waals surface area (Å²) in [5.74, 6) is 0.852. The van der Waals surface area contributed by atoms with Crippen LogP contribution in [0.1, 0.15) is 33.1 Å². The minimum absolute atomic E-state index is 0.630. The van der Waals surface area contributed by atoms with Crippen LogP contribution in [0.2, 0.25) is 0 Å². The summed E-state index contributed by atoms with van der Waals surface area (Å²) in [6, 6.07) is 0.630. The van der Waals surface area contributed by atoms with Crippen molar-refractivity contribution in [2.45, 2.75) is 39.2 Å². The van der Waals surface area contributed by atoms with Crippen LogP contribution in [0.3, 0.4) is 0 Å². The summed E-state index contributed by atoms with van der Waals surface area (Å²) in [6.45, 7) is 7.56. The third-order valence-corrected chi connectivity index (χ3v) is 2.78. The fourth-order valence-corrected chi connectivity index (χ4v) is 1.61. The van der Waals surface area contributed by atoms with Crippen molar-refractivity contribution in [2.24, 2.45) is 5.92 Å².